The van der Waals surface area contributed by atoms with E-state index >= 15 is 0 Å². The maximum atomic E-state index is 13.1. The molecule has 0 radical (unpaired) electrons. The molecular formula is C20H23FN2O3S. The molecule has 1 aromatic heterocycles. The van der Waals surface area contributed by atoms with Gasteiger partial charge in [0.15, 0.2) is 6.61 Å². The lowest BCUT2D eigenvalue weighted by Crippen LogP contribution is -2.42. The van der Waals surface area contributed by atoms with Crippen molar-refractivity contribution in [3.63, 3.8) is 0 Å². The molecule has 1 aliphatic carbocycles. The van der Waals surface area contributed by atoms with Crippen molar-refractivity contribution in [1.82, 2.24) is 10.3 Å². The number of thiazole rings is 1. The average molecular weight is 390 g/mol. The molecule has 2 unspecified atom stereocenters. The topological polar surface area (TPSA) is 68.3 Å². The number of nitrogens with one attached hydrogen (secondary N) is 1. The first-order valence-electron chi connectivity index (χ1n) is 9.14. The molecule has 0 bridgehead atoms. The van der Waals surface area contributed by atoms with Crippen LogP contribution in [0.3, 0.4) is 0 Å². The number of hydrogen-bond acceptors (Lipinski definition) is 5. The monoisotopic (exact) mass is 390 g/mol. The maximum Gasteiger partial charge on any atom is 0.350 e. The summed E-state index contributed by atoms with van der Waals surface area (Å²) in [5.41, 5.74) is 1.26. The SMILES string of the molecule is Cc1nc(-c2ccc(F)cc2)sc1C(=O)OCC(=O)NC1CCCCC1C. The molecule has 0 saturated heterocycles. The van der Waals surface area contributed by atoms with Crippen LogP contribution in [0.2, 0.25) is 0 Å². The summed E-state index contributed by atoms with van der Waals surface area (Å²) in [5, 5.41) is 3.57. The summed E-state index contributed by atoms with van der Waals surface area (Å²) in [7, 11) is 0. The summed E-state index contributed by atoms with van der Waals surface area (Å²) in [6, 6.07) is 6.07. The van der Waals surface area contributed by atoms with Crippen LogP contribution < -0.4 is 5.32 Å². The highest BCUT2D eigenvalue weighted by atomic mass is 32.1. The van der Waals surface area contributed by atoms with Crippen LogP contribution in [0.15, 0.2) is 24.3 Å². The van der Waals surface area contributed by atoms with E-state index in [1.54, 1.807) is 19.1 Å². The van der Waals surface area contributed by atoms with Crippen LogP contribution in [0.5, 0.6) is 0 Å². The first-order valence-corrected chi connectivity index (χ1v) is 9.95. The van der Waals surface area contributed by atoms with Crippen molar-refractivity contribution >= 4 is 23.2 Å². The van der Waals surface area contributed by atoms with Crippen molar-refractivity contribution in [2.75, 3.05) is 6.61 Å². The molecule has 5 nitrogen and oxygen atoms in total. The molecular weight excluding hydrogens is 367 g/mol. The van der Waals surface area contributed by atoms with Crippen LogP contribution in [0.25, 0.3) is 10.6 Å². The third-order valence-corrected chi connectivity index (χ3v) is 6.05. The van der Waals surface area contributed by atoms with Gasteiger partial charge in [0.25, 0.3) is 5.91 Å². The summed E-state index contributed by atoms with van der Waals surface area (Å²) in [6.45, 7) is 3.54. The number of carbonyl (C=O) groups is 2. The van der Waals surface area contributed by atoms with E-state index in [1.807, 2.05) is 0 Å². The van der Waals surface area contributed by atoms with Gasteiger partial charge in [-0.1, -0.05) is 19.8 Å². The van der Waals surface area contributed by atoms with E-state index in [4.69, 9.17) is 4.74 Å². The van der Waals surface area contributed by atoms with Gasteiger partial charge < -0.3 is 10.1 Å². The molecule has 1 aliphatic rings. The van der Waals surface area contributed by atoms with Crippen LogP contribution >= 0.6 is 11.3 Å². The van der Waals surface area contributed by atoms with Crippen LogP contribution in [0.1, 0.15) is 48.0 Å². The van der Waals surface area contributed by atoms with Crippen molar-refractivity contribution in [1.29, 1.82) is 0 Å². The highest BCUT2D eigenvalue weighted by molar-refractivity contribution is 7.17. The molecule has 2 aromatic rings. The highest BCUT2D eigenvalue weighted by Crippen LogP contribution is 2.28. The van der Waals surface area contributed by atoms with Crippen LogP contribution in [-0.4, -0.2) is 29.5 Å². The first kappa shape index (κ1) is 19.5. The van der Waals surface area contributed by atoms with E-state index in [0.29, 0.717) is 21.5 Å². The Labute approximate surface area is 162 Å². The molecule has 1 amide bonds. The zero-order chi connectivity index (χ0) is 19.4. The van der Waals surface area contributed by atoms with E-state index in [2.05, 4.69) is 17.2 Å². The minimum absolute atomic E-state index is 0.153. The second-order valence-electron chi connectivity index (χ2n) is 6.95. The number of esters is 1. The number of ether oxygens (including phenoxy) is 1. The lowest BCUT2D eigenvalue weighted by atomic mass is 9.86. The lowest BCUT2D eigenvalue weighted by molar-refractivity contribution is -0.125. The summed E-state index contributed by atoms with van der Waals surface area (Å²) in [6.07, 6.45) is 4.39. The number of amides is 1. The minimum Gasteiger partial charge on any atom is -0.451 e. The third kappa shape index (κ3) is 4.91. The third-order valence-electron chi connectivity index (χ3n) is 4.87. The van der Waals surface area contributed by atoms with Gasteiger partial charge in [0.2, 0.25) is 0 Å². The number of nitrogens with zero attached hydrogens (tertiary/aromatic N) is 1. The standard InChI is InChI=1S/C20H23FN2O3S/c1-12-5-3-4-6-16(12)23-17(24)11-26-20(25)18-13(2)22-19(27-18)14-7-9-15(21)10-8-14/h7-10,12,16H,3-6,11H2,1-2H3,(H,23,24). The van der Waals surface area contributed by atoms with E-state index in [0.717, 1.165) is 24.8 Å². The Morgan fingerprint density at radius 2 is 1.96 bits per heavy atom. The van der Waals surface area contributed by atoms with Gasteiger partial charge in [0.1, 0.15) is 15.7 Å². The molecule has 2 atom stereocenters. The number of rotatable bonds is 5. The average Bonchev–Trinajstić information content (AvgIpc) is 3.04. The Bertz CT molecular complexity index is 819. The van der Waals surface area contributed by atoms with Crippen molar-refractivity contribution in [2.24, 2.45) is 5.92 Å². The Morgan fingerprint density at radius 3 is 2.67 bits per heavy atom. The molecule has 0 spiro atoms. The van der Waals surface area contributed by atoms with Gasteiger partial charge in [-0.3, -0.25) is 4.79 Å². The maximum absolute atomic E-state index is 13.1. The number of aryl methyl sites for hydroxylation is 1. The second kappa shape index (κ2) is 8.61. The van der Waals surface area contributed by atoms with Gasteiger partial charge in [0, 0.05) is 11.6 Å². The predicted octanol–water partition coefficient (Wildman–Crippen LogP) is 4.11. The fourth-order valence-corrected chi connectivity index (χ4v) is 4.24. The summed E-state index contributed by atoms with van der Waals surface area (Å²) in [4.78, 5) is 29.1. The molecule has 7 heteroatoms. The number of hydrogen-bond donors (Lipinski definition) is 1. The predicted molar refractivity (Wildman–Crippen MR) is 102 cm³/mol. The minimum atomic E-state index is -0.565. The number of carbonyl (C=O) groups excluding carboxylic acids is 2. The summed E-state index contributed by atoms with van der Waals surface area (Å²) >= 11 is 1.17. The quantitative estimate of drug-likeness (QED) is 0.780. The number of halogens is 1. The summed E-state index contributed by atoms with van der Waals surface area (Å²) < 4.78 is 18.2. The fraction of sp³-hybridized carbons (Fsp3) is 0.450. The largest absolute Gasteiger partial charge is 0.451 e. The van der Waals surface area contributed by atoms with E-state index in [1.165, 1.54) is 29.9 Å². The van der Waals surface area contributed by atoms with E-state index < -0.39 is 5.97 Å². The molecule has 27 heavy (non-hydrogen) atoms. The zero-order valence-electron chi connectivity index (χ0n) is 15.5. The zero-order valence-corrected chi connectivity index (χ0v) is 16.3. The molecule has 3 rings (SSSR count). The molecule has 0 aliphatic heterocycles. The van der Waals surface area contributed by atoms with Crippen LogP contribution in [-0.2, 0) is 9.53 Å². The molecule has 144 valence electrons. The Hall–Kier alpha value is -2.28. The van der Waals surface area contributed by atoms with Gasteiger partial charge in [0.05, 0.1) is 5.69 Å². The van der Waals surface area contributed by atoms with E-state index in [9.17, 15) is 14.0 Å². The van der Waals surface area contributed by atoms with Gasteiger partial charge in [-0.05, 0) is 49.9 Å². The first-order chi connectivity index (χ1) is 12.9. The van der Waals surface area contributed by atoms with E-state index in [-0.39, 0.29) is 24.4 Å². The van der Waals surface area contributed by atoms with Gasteiger partial charge in [-0.15, -0.1) is 11.3 Å². The molecule has 1 saturated carbocycles. The highest BCUT2D eigenvalue weighted by Gasteiger charge is 2.24. The van der Waals surface area contributed by atoms with Gasteiger partial charge in [-0.2, -0.15) is 0 Å². The fourth-order valence-electron chi connectivity index (χ4n) is 3.28. The Morgan fingerprint density at radius 1 is 1.26 bits per heavy atom. The number of benzene rings is 1. The second-order valence-corrected chi connectivity index (χ2v) is 7.95. The van der Waals surface area contributed by atoms with Crippen LogP contribution in [0, 0.1) is 18.7 Å². The van der Waals surface area contributed by atoms with Crippen molar-refractivity contribution < 1.29 is 18.7 Å². The molecule has 1 heterocycles. The number of aromatic nitrogens is 1. The Kier molecular flexibility index (Phi) is 6.21. The van der Waals surface area contributed by atoms with Gasteiger partial charge in [-0.25, -0.2) is 14.2 Å². The van der Waals surface area contributed by atoms with Crippen molar-refractivity contribution in [3.8, 4) is 10.6 Å². The normalized spacial score (nSPS) is 19.5. The van der Waals surface area contributed by atoms with Crippen molar-refractivity contribution in [3.05, 3.63) is 40.7 Å². The Balaban J connectivity index is 1.58. The molecule has 1 fully saturated rings. The summed E-state index contributed by atoms with van der Waals surface area (Å²) in [5.74, 6) is -0.724. The molecule has 1 aromatic carbocycles. The lowest BCUT2D eigenvalue weighted by Gasteiger charge is -2.29. The van der Waals surface area contributed by atoms with Crippen LogP contribution in [0.4, 0.5) is 4.39 Å². The molecule has 1 N–H and O–H groups in total. The smallest absolute Gasteiger partial charge is 0.350 e. The van der Waals surface area contributed by atoms with Crippen molar-refractivity contribution in [2.45, 2.75) is 45.6 Å². The van der Waals surface area contributed by atoms with Gasteiger partial charge >= 0.3 is 5.97 Å².